The minimum absolute atomic E-state index is 0.296. The third-order valence-corrected chi connectivity index (χ3v) is 4.27. The monoisotopic (exact) mass is 375 g/mol. The van der Waals surface area contributed by atoms with Crippen LogP contribution in [-0.2, 0) is 9.53 Å². The van der Waals surface area contributed by atoms with E-state index in [1.165, 1.54) is 18.4 Å². The molecule has 0 aliphatic heterocycles. The van der Waals surface area contributed by atoms with Crippen molar-refractivity contribution in [3.05, 3.63) is 35.4 Å². The van der Waals surface area contributed by atoms with Crippen molar-refractivity contribution in [3.8, 4) is 11.5 Å². The van der Waals surface area contributed by atoms with Crippen LogP contribution in [0.15, 0.2) is 29.8 Å². The maximum absolute atomic E-state index is 12.2. The number of allylic oxidation sites excluding steroid dienone is 1. The van der Waals surface area contributed by atoms with E-state index in [1.807, 2.05) is 13.8 Å². The normalized spacial score (nSPS) is 13.5. The first-order chi connectivity index (χ1) is 13.1. The Bertz CT molecular complexity index is 669. The lowest BCUT2D eigenvalue weighted by molar-refractivity contribution is -0.124. The first kappa shape index (κ1) is 20.8. The van der Waals surface area contributed by atoms with Crippen LogP contribution in [-0.4, -0.2) is 38.2 Å². The van der Waals surface area contributed by atoms with Gasteiger partial charge in [-0.1, -0.05) is 11.6 Å². The number of nitrogens with one attached hydrogen (secondary N) is 1. The van der Waals surface area contributed by atoms with E-state index in [0.29, 0.717) is 36.8 Å². The summed E-state index contributed by atoms with van der Waals surface area (Å²) in [6.07, 6.45) is 7.84. The zero-order valence-electron chi connectivity index (χ0n) is 16.2. The Hall–Kier alpha value is -2.50. The zero-order chi connectivity index (χ0) is 19.5. The number of carbonyl (C=O) groups is 2. The van der Waals surface area contributed by atoms with Gasteiger partial charge >= 0.3 is 5.97 Å². The second-order valence-electron chi connectivity index (χ2n) is 6.31. The molecule has 1 aliphatic carbocycles. The molecular weight excluding hydrogens is 346 g/mol. The van der Waals surface area contributed by atoms with Crippen LogP contribution in [0.5, 0.6) is 11.5 Å². The van der Waals surface area contributed by atoms with Gasteiger partial charge in [-0.25, -0.2) is 4.79 Å². The van der Waals surface area contributed by atoms with E-state index in [0.717, 1.165) is 19.3 Å². The van der Waals surface area contributed by atoms with Crippen LogP contribution in [0.4, 0.5) is 0 Å². The minimum atomic E-state index is -0.566. The van der Waals surface area contributed by atoms with Gasteiger partial charge in [0.15, 0.2) is 18.1 Å². The maximum atomic E-state index is 12.2. The van der Waals surface area contributed by atoms with Gasteiger partial charge in [0, 0.05) is 6.54 Å². The van der Waals surface area contributed by atoms with Crippen LogP contribution in [0.3, 0.4) is 0 Å². The molecule has 0 aromatic heterocycles. The number of benzene rings is 1. The average Bonchev–Trinajstić information content (AvgIpc) is 2.68. The molecule has 2 rings (SSSR count). The van der Waals surface area contributed by atoms with Crippen molar-refractivity contribution >= 4 is 11.9 Å². The Morgan fingerprint density at radius 1 is 1.07 bits per heavy atom. The number of ether oxygens (including phenoxy) is 3. The predicted molar refractivity (Wildman–Crippen MR) is 103 cm³/mol. The summed E-state index contributed by atoms with van der Waals surface area (Å²) in [6, 6.07) is 4.84. The molecule has 1 aliphatic rings. The largest absolute Gasteiger partial charge is 0.490 e. The second-order valence-corrected chi connectivity index (χ2v) is 6.31. The summed E-state index contributed by atoms with van der Waals surface area (Å²) in [6.45, 7) is 4.96. The molecule has 1 aromatic rings. The van der Waals surface area contributed by atoms with Gasteiger partial charge in [0.25, 0.3) is 5.91 Å². The molecule has 0 atom stereocenters. The molecule has 6 nitrogen and oxygen atoms in total. The van der Waals surface area contributed by atoms with Gasteiger partial charge in [-0.3, -0.25) is 4.79 Å². The van der Waals surface area contributed by atoms with Crippen LogP contribution in [0.25, 0.3) is 0 Å². The fourth-order valence-electron chi connectivity index (χ4n) is 2.94. The van der Waals surface area contributed by atoms with Gasteiger partial charge in [0.05, 0.1) is 18.8 Å². The molecule has 0 saturated carbocycles. The second kappa shape index (κ2) is 11.3. The predicted octanol–water partition coefficient (Wildman–Crippen LogP) is 3.65. The molecule has 0 radical (unpaired) electrons. The average molecular weight is 375 g/mol. The molecule has 27 heavy (non-hydrogen) atoms. The van der Waals surface area contributed by atoms with Crippen LogP contribution in [0.1, 0.15) is 56.3 Å². The molecular formula is C21H29NO5. The number of hydrogen-bond donors (Lipinski definition) is 1. The van der Waals surface area contributed by atoms with E-state index in [-0.39, 0.29) is 12.5 Å². The molecule has 6 heteroatoms. The highest BCUT2D eigenvalue weighted by Crippen LogP contribution is 2.28. The van der Waals surface area contributed by atoms with E-state index in [1.54, 1.807) is 18.2 Å². The fraction of sp³-hybridized carbons (Fsp3) is 0.524. The zero-order valence-corrected chi connectivity index (χ0v) is 16.2. The highest BCUT2D eigenvalue weighted by molar-refractivity contribution is 5.92. The number of esters is 1. The van der Waals surface area contributed by atoms with E-state index >= 15 is 0 Å². The summed E-state index contributed by atoms with van der Waals surface area (Å²) in [5.41, 5.74) is 1.72. The first-order valence-electron chi connectivity index (χ1n) is 9.65. The van der Waals surface area contributed by atoms with Crippen molar-refractivity contribution < 1.29 is 23.8 Å². The molecule has 0 bridgehead atoms. The Labute approximate surface area is 160 Å². The molecule has 0 fully saturated rings. The Morgan fingerprint density at radius 3 is 2.56 bits per heavy atom. The summed E-state index contributed by atoms with van der Waals surface area (Å²) in [5.74, 6) is 0.199. The maximum Gasteiger partial charge on any atom is 0.338 e. The van der Waals surface area contributed by atoms with Crippen LogP contribution >= 0.6 is 0 Å². The lowest BCUT2D eigenvalue weighted by atomic mass is 9.97. The molecule has 0 heterocycles. The van der Waals surface area contributed by atoms with E-state index in [9.17, 15) is 9.59 Å². The molecule has 1 amide bonds. The van der Waals surface area contributed by atoms with E-state index in [4.69, 9.17) is 14.2 Å². The summed E-state index contributed by atoms with van der Waals surface area (Å²) in [7, 11) is 0. The smallest absolute Gasteiger partial charge is 0.338 e. The number of hydrogen-bond acceptors (Lipinski definition) is 5. The lowest BCUT2D eigenvalue weighted by Crippen LogP contribution is -2.29. The summed E-state index contributed by atoms with van der Waals surface area (Å²) in [4.78, 5) is 24.1. The van der Waals surface area contributed by atoms with Crippen LogP contribution in [0.2, 0.25) is 0 Å². The Balaban J connectivity index is 1.79. The standard InChI is InChI=1S/C21H29NO5/c1-3-25-18-11-10-17(14-19(18)26-4-2)21(24)27-15-20(23)22-13-12-16-8-6-5-7-9-16/h8,10-11,14H,3-7,9,12-13,15H2,1-2H3,(H,22,23). The number of amides is 1. The van der Waals surface area contributed by atoms with E-state index < -0.39 is 5.97 Å². The van der Waals surface area contributed by atoms with Crippen molar-refractivity contribution in [1.29, 1.82) is 0 Å². The SMILES string of the molecule is CCOc1ccc(C(=O)OCC(=O)NCCC2=CCCCC2)cc1OCC. The highest BCUT2D eigenvalue weighted by atomic mass is 16.5. The van der Waals surface area contributed by atoms with E-state index in [2.05, 4.69) is 11.4 Å². The van der Waals surface area contributed by atoms with Gasteiger partial charge in [-0.15, -0.1) is 0 Å². The summed E-state index contributed by atoms with van der Waals surface area (Å²) >= 11 is 0. The molecule has 0 saturated heterocycles. The van der Waals surface area contributed by atoms with Crippen molar-refractivity contribution in [2.75, 3.05) is 26.4 Å². The van der Waals surface area contributed by atoms with Gasteiger partial charge in [-0.05, 0) is 64.2 Å². The van der Waals surface area contributed by atoms with Gasteiger partial charge in [-0.2, -0.15) is 0 Å². The van der Waals surface area contributed by atoms with Crippen molar-refractivity contribution in [2.45, 2.75) is 46.0 Å². The van der Waals surface area contributed by atoms with Crippen molar-refractivity contribution in [1.82, 2.24) is 5.32 Å². The van der Waals surface area contributed by atoms with Crippen LogP contribution in [0, 0.1) is 0 Å². The summed E-state index contributed by atoms with van der Waals surface area (Å²) < 4.78 is 16.1. The van der Waals surface area contributed by atoms with Gasteiger partial charge < -0.3 is 19.5 Å². The minimum Gasteiger partial charge on any atom is -0.490 e. The Morgan fingerprint density at radius 2 is 1.85 bits per heavy atom. The first-order valence-corrected chi connectivity index (χ1v) is 9.65. The quantitative estimate of drug-likeness (QED) is 0.499. The van der Waals surface area contributed by atoms with Crippen molar-refractivity contribution in [3.63, 3.8) is 0 Å². The molecule has 1 N–H and O–H groups in total. The summed E-state index contributed by atoms with van der Waals surface area (Å²) in [5, 5.41) is 2.79. The van der Waals surface area contributed by atoms with Crippen molar-refractivity contribution in [2.24, 2.45) is 0 Å². The molecule has 0 spiro atoms. The fourth-order valence-corrected chi connectivity index (χ4v) is 2.94. The lowest BCUT2D eigenvalue weighted by Gasteiger charge is -2.13. The van der Waals surface area contributed by atoms with Gasteiger partial charge in [0.2, 0.25) is 0 Å². The third-order valence-electron chi connectivity index (χ3n) is 4.27. The van der Waals surface area contributed by atoms with Crippen LogP contribution < -0.4 is 14.8 Å². The number of rotatable bonds is 10. The third kappa shape index (κ3) is 6.96. The topological polar surface area (TPSA) is 73.9 Å². The molecule has 148 valence electrons. The number of carbonyl (C=O) groups excluding carboxylic acids is 2. The molecule has 0 unspecified atom stereocenters. The Kier molecular flexibility index (Phi) is 8.68. The van der Waals surface area contributed by atoms with Gasteiger partial charge in [0.1, 0.15) is 0 Å². The highest BCUT2D eigenvalue weighted by Gasteiger charge is 2.14. The molecule has 1 aromatic carbocycles.